The van der Waals surface area contributed by atoms with Gasteiger partial charge in [-0.2, -0.15) is 0 Å². The molecule has 2 aromatic rings. The highest BCUT2D eigenvalue weighted by Crippen LogP contribution is 2.36. The van der Waals surface area contributed by atoms with Crippen LogP contribution in [0.25, 0.3) is 0 Å². The third-order valence-electron chi connectivity index (χ3n) is 3.92. The van der Waals surface area contributed by atoms with Crippen LogP contribution >= 0.6 is 11.3 Å². The standard InChI is InChI=1S/C17H20N2O3S/c1-3-13-10-23-15(19-13)8-18-17(20)12-7-11-5-4-6-14(21-2)16(11)22-9-12/h4-6,10,12H,3,7-9H2,1-2H3,(H,18,20). The molecular weight excluding hydrogens is 312 g/mol. The maximum atomic E-state index is 12.4. The summed E-state index contributed by atoms with van der Waals surface area (Å²) < 4.78 is 11.0. The summed E-state index contributed by atoms with van der Waals surface area (Å²) in [6.07, 6.45) is 1.58. The Balaban J connectivity index is 1.60. The zero-order valence-corrected chi connectivity index (χ0v) is 14.1. The number of nitrogens with zero attached hydrogens (tertiary/aromatic N) is 1. The lowest BCUT2D eigenvalue weighted by molar-refractivity contribution is -0.126. The number of para-hydroxylation sites is 1. The van der Waals surface area contributed by atoms with Gasteiger partial charge in [0.25, 0.3) is 0 Å². The zero-order valence-electron chi connectivity index (χ0n) is 13.3. The van der Waals surface area contributed by atoms with Crippen molar-refractivity contribution in [3.63, 3.8) is 0 Å². The molecule has 0 fully saturated rings. The van der Waals surface area contributed by atoms with Crippen molar-refractivity contribution in [2.45, 2.75) is 26.3 Å². The van der Waals surface area contributed by atoms with Crippen molar-refractivity contribution in [1.29, 1.82) is 0 Å². The van der Waals surface area contributed by atoms with Crippen molar-refractivity contribution in [2.24, 2.45) is 5.92 Å². The van der Waals surface area contributed by atoms with Gasteiger partial charge in [-0.3, -0.25) is 4.79 Å². The Labute approximate surface area is 139 Å². The summed E-state index contributed by atoms with van der Waals surface area (Å²) in [6, 6.07) is 5.77. The van der Waals surface area contributed by atoms with Crippen LogP contribution in [0.3, 0.4) is 0 Å². The van der Waals surface area contributed by atoms with Crippen LogP contribution in [-0.2, 0) is 24.2 Å². The molecule has 1 amide bonds. The Hall–Kier alpha value is -2.08. The Kier molecular flexibility index (Phi) is 4.81. The molecule has 0 bridgehead atoms. The van der Waals surface area contributed by atoms with Crippen LogP contribution in [0, 0.1) is 5.92 Å². The summed E-state index contributed by atoms with van der Waals surface area (Å²) in [6.45, 7) is 2.92. The lowest BCUT2D eigenvalue weighted by Crippen LogP contribution is -2.37. The van der Waals surface area contributed by atoms with Gasteiger partial charge in [0, 0.05) is 5.38 Å². The number of hydrogen-bond donors (Lipinski definition) is 1. The third-order valence-corrected chi connectivity index (χ3v) is 4.82. The van der Waals surface area contributed by atoms with Crippen LogP contribution in [0.2, 0.25) is 0 Å². The number of aryl methyl sites for hydroxylation is 1. The second-order valence-electron chi connectivity index (χ2n) is 5.46. The number of fused-ring (bicyclic) bond motifs is 1. The Bertz CT molecular complexity index is 699. The number of hydrogen-bond acceptors (Lipinski definition) is 5. The number of carbonyl (C=O) groups is 1. The molecule has 1 N–H and O–H groups in total. The van der Waals surface area contributed by atoms with Gasteiger partial charge >= 0.3 is 0 Å². The molecule has 6 heteroatoms. The first kappa shape index (κ1) is 15.8. The molecule has 1 aliphatic rings. The molecule has 0 saturated heterocycles. The van der Waals surface area contributed by atoms with Gasteiger partial charge in [-0.1, -0.05) is 19.1 Å². The number of thiazole rings is 1. The van der Waals surface area contributed by atoms with Crippen molar-refractivity contribution in [1.82, 2.24) is 10.3 Å². The molecule has 0 radical (unpaired) electrons. The highest BCUT2D eigenvalue weighted by atomic mass is 32.1. The predicted octanol–water partition coefficient (Wildman–Crippen LogP) is 2.58. The molecule has 1 aromatic carbocycles. The van der Waals surface area contributed by atoms with Crippen molar-refractivity contribution in [2.75, 3.05) is 13.7 Å². The van der Waals surface area contributed by atoms with Gasteiger partial charge in [0.2, 0.25) is 5.91 Å². The van der Waals surface area contributed by atoms with Crippen LogP contribution in [0.15, 0.2) is 23.6 Å². The fourth-order valence-electron chi connectivity index (χ4n) is 2.62. The maximum Gasteiger partial charge on any atom is 0.227 e. The summed E-state index contributed by atoms with van der Waals surface area (Å²) in [7, 11) is 1.62. The van der Waals surface area contributed by atoms with E-state index in [1.54, 1.807) is 18.4 Å². The second-order valence-corrected chi connectivity index (χ2v) is 6.41. The lowest BCUT2D eigenvalue weighted by Gasteiger charge is -2.25. The highest BCUT2D eigenvalue weighted by Gasteiger charge is 2.27. The zero-order chi connectivity index (χ0) is 16.2. The van der Waals surface area contributed by atoms with Gasteiger partial charge in [0.15, 0.2) is 11.5 Å². The number of benzene rings is 1. The number of amides is 1. The lowest BCUT2D eigenvalue weighted by atomic mass is 9.95. The molecular formula is C17H20N2O3S. The van der Waals surface area contributed by atoms with Crippen LogP contribution in [0.5, 0.6) is 11.5 Å². The summed E-state index contributed by atoms with van der Waals surface area (Å²) in [5.74, 6) is 1.30. The molecule has 1 aromatic heterocycles. The van der Waals surface area contributed by atoms with E-state index in [-0.39, 0.29) is 11.8 Å². The van der Waals surface area contributed by atoms with Crippen molar-refractivity contribution >= 4 is 17.2 Å². The number of carbonyl (C=O) groups excluding carboxylic acids is 1. The van der Waals surface area contributed by atoms with Crippen molar-refractivity contribution in [3.05, 3.63) is 39.8 Å². The molecule has 0 aliphatic carbocycles. The molecule has 2 heterocycles. The molecule has 1 aliphatic heterocycles. The number of aromatic nitrogens is 1. The second kappa shape index (κ2) is 7.00. The maximum absolute atomic E-state index is 12.4. The predicted molar refractivity (Wildman–Crippen MR) is 89.0 cm³/mol. The number of rotatable bonds is 5. The first-order valence-corrected chi connectivity index (χ1v) is 8.59. The third kappa shape index (κ3) is 3.47. The molecule has 1 atom stereocenters. The van der Waals surface area contributed by atoms with Crippen molar-refractivity contribution < 1.29 is 14.3 Å². The molecule has 3 rings (SSSR count). The van der Waals surface area contributed by atoms with E-state index in [4.69, 9.17) is 9.47 Å². The molecule has 0 saturated carbocycles. The van der Waals surface area contributed by atoms with E-state index in [0.29, 0.717) is 19.6 Å². The van der Waals surface area contributed by atoms with E-state index in [1.807, 2.05) is 23.6 Å². The Morgan fingerprint density at radius 1 is 1.52 bits per heavy atom. The number of methoxy groups -OCH3 is 1. The minimum atomic E-state index is -0.180. The number of nitrogens with one attached hydrogen (secondary N) is 1. The van der Waals surface area contributed by atoms with E-state index in [1.165, 1.54) is 0 Å². The fraction of sp³-hybridized carbons (Fsp3) is 0.412. The molecule has 122 valence electrons. The van der Waals surface area contributed by atoms with Crippen LogP contribution in [0.4, 0.5) is 0 Å². The molecule has 1 unspecified atom stereocenters. The minimum Gasteiger partial charge on any atom is -0.493 e. The Morgan fingerprint density at radius 2 is 2.39 bits per heavy atom. The van der Waals surface area contributed by atoms with E-state index < -0.39 is 0 Å². The van der Waals surface area contributed by atoms with Crippen molar-refractivity contribution in [3.8, 4) is 11.5 Å². The molecule has 5 nitrogen and oxygen atoms in total. The summed E-state index contributed by atoms with van der Waals surface area (Å²) >= 11 is 1.58. The number of ether oxygens (including phenoxy) is 2. The van der Waals surface area contributed by atoms with E-state index in [9.17, 15) is 4.79 Å². The Morgan fingerprint density at radius 3 is 3.13 bits per heavy atom. The molecule has 23 heavy (non-hydrogen) atoms. The van der Waals surface area contributed by atoms with Crippen LogP contribution < -0.4 is 14.8 Å². The van der Waals surface area contributed by atoms with Gasteiger partial charge in [-0.25, -0.2) is 4.98 Å². The quantitative estimate of drug-likeness (QED) is 0.914. The highest BCUT2D eigenvalue weighted by molar-refractivity contribution is 7.09. The van der Waals surface area contributed by atoms with Gasteiger partial charge in [-0.15, -0.1) is 11.3 Å². The SMILES string of the molecule is CCc1csc(CNC(=O)C2COc3c(cccc3OC)C2)n1. The summed E-state index contributed by atoms with van der Waals surface area (Å²) in [5, 5.41) is 5.94. The minimum absolute atomic E-state index is 0.00622. The average Bonchev–Trinajstić information content (AvgIpc) is 3.06. The fourth-order valence-corrected chi connectivity index (χ4v) is 3.44. The topological polar surface area (TPSA) is 60.5 Å². The molecule has 0 spiro atoms. The first-order chi connectivity index (χ1) is 11.2. The largest absolute Gasteiger partial charge is 0.493 e. The van der Waals surface area contributed by atoms with Crippen LogP contribution in [0.1, 0.15) is 23.2 Å². The van der Waals surface area contributed by atoms with Gasteiger partial charge in [0.05, 0.1) is 25.3 Å². The normalized spacial score (nSPS) is 16.3. The van der Waals surface area contributed by atoms with Gasteiger partial charge in [0.1, 0.15) is 11.6 Å². The van der Waals surface area contributed by atoms with E-state index >= 15 is 0 Å². The van der Waals surface area contributed by atoms with Gasteiger partial charge in [-0.05, 0) is 24.5 Å². The van der Waals surface area contributed by atoms with Gasteiger partial charge < -0.3 is 14.8 Å². The monoisotopic (exact) mass is 332 g/mol. The first-order valence-electron chi connectivity index (χ1n) is 7.71. The van der Waals surface area contributed by atoms with E-state index in [2.05, 4.69) is 17.2 Å². The smallest absolute Gasteiger partial charge is 0.227 e. The summed E-state index contributed by atoms with van der Waals surface area (Å²) in [4.78, 5) is 16.8. The van der Waals surface area contributed by atoms with E-state index in [0.717, 1.165) is 34.2 Å². The average molecular weight is 332 g/mol. The summed E-state index contributed by atoms with van der Waals surface area (Å²) in [5.41, 5.74) is 2.08. The van der Waals surface area contributed by atoms with Crippen LogP contribution in [-0.4, -0.2) is 24.6 Å².